The van der Waals surface area contributed by atoms with E-state index in [1.165, 1.54) is 19.3 Å². The number of ether oxygens (including phenoxy) is 2. The van der Waals surface area contributed by atoms with E-state index in [9.17, 15) is 5.11 Å². The first-order valence-electron chi connectivity index (χ1n) is 10.5. The highest BCUT2D eigenvalue weighted by Crippen LogP contribution is 2.33. The lowest BCUT2D eigenvalue weighted by atomic mass is 10.1. The summed E-state index contributed by atoms with van der Waals surface area (Å²) < 4.78 is 13.5. The predicted octanol–water partition coefficient (Wildman–Crippen LogP) is 3.08. The van der Waals surface area contributed by atoms with Crippen molar-refractivity contribution in [3.05, 3.63) is 48.1 Å². The fraction of sp³-hybridized carbons (Fsp3) is 0.409. The molecule has 156 valence electrons. The second-order valence-corrected chi connectivity index (χ2v) is 7.59. The van der Waals surface area contributed by atoms with E-state index in [4.69, 9.17) is 14.5 Å². The van der Waals surface area contributed by atoms with Crippen LogP contribution in [0.3, 0.4) is 0 Å². The van der Waals surface area contributed by atoms with Gasteiger partial charge in [0.05, 0.1) is 12.1 Å². The van der Waals surface area contributed by atoms with Crippen LogP contribution >= 0.6 is 0 Å². The van der Waals surface area contributed by atoms with E-state index in [2.05, 4.69) is 15.0 Å². The van der Waals surface area contributed by atoms with Gasteiger partial charge in [0.1, 0.15) is 36.2 Å². The minimum absolute atomic E-state index is 0.0533. The molecule has 4 heterocycles. The molecular formula is C22H25N5O3. The SMILES string of the molecule is OC1=CC2=NCCOC2=C/C1=N\c1c(OCCN2CCCCC2)nn2ccccc12. The van der Waals surface area contributed by atoms with Crippen molar-refractivity contribution in [1.82, 2.24) is 14.5 Å². The number of aromatic nitrogens is 2. The second-order valence-electron chi connectivity index (χ2n) is 7.59. The van der Waals surface area contributed by atoms with Crippen LogP contribution < -0.4 is 4.74 Å². The third-order valence-corrected chi connectivity index (χ3v) is 5.50. The Balaban J connectivity index is 1.43. The highest BCUT2D eigenvalue weighted by atomic mass is 16.5. The number of likely N-dealkylation sites (tertiary alicyclic amines) is 1. The standard InChI is InChI=1S/C22H25N5O3/c28-19-14-17-20(29-12-7-23-17)15-16(19)24-21-18-6-2-5-10-27(18)25-22(21)30-13-11-26-8-3-1-4-9-26/h2,5-6,10,14-15,28H,1,3-4,7-9,11-13H2/b24-16+. The van der Waals surface area contributed by atoms with Crippen LogP contribution in [0.15, 0.2) is 58.1 Å². The number of rotatable bonds is 5. The van der Waals surface area contributed by atoms with Gasteiger partial charge < -0.3 is 14.6 Å². The molecule has 0 aromatic carbocycles. The molecule has 0 bridgehead atoms. The number of hydrogen-bond donors (Lipinski definition) is 1. The highest BCUT2D eigenvalue weighted by Gasteiger charge is 2.22. The molecule has 0 atom stereocenters. The fourth-order valence-electron chi connectivity index (χ4n) is 3.94. The van der Waals surface area contributed by atoms with Gasteiger partial charge in [-0.3, -0.25) is 9.89 Å². The molecule has 2 aliphatic heterocycles. The van der Waals surface area contributed by atoms with Crippen molar-refractivity contribution in [2.24, 2.45) is 9.98 Å². The van der Waals surface area contributed by atoms with Crippen LogP contribution in [0.1, 0.15) is 19.3 Å². The summed E-state index contributed by atoms with van der Waals surface area (Å²) in [5.41, 5.74) is 2.46. The summed E-state index contributed by atoms with van der Waals surface area (Å²) in [5.74, 6) is 1.14. The first-order valence-corrected chi connectivity index (χ1v) is 10.5. The molecular weight excluding hydrogens is 382 g/mol. The molecule has 1 aliphatic carbocycles. The number of fused-ring (bicyclic) bond motifs is 2. The zero-order chi connectivity index (χ0) is 20.3. The quantitative estimate of drug-likeness (QED) is 0.770. The average molecular weight is 407 g/mol. The van der Waals surface area contributed by atoms with E-state index in [1.54, 1.807) is 16.7 Å². The van der Waals surface area contributed by atoms with E-state index in [0.717, 1.165) is 25.2 Å². The number of aliphatic imine (C=N–C) groups is 2. The van der Waals surface area contributed by atoms with Crippen molar-refractivity contribution < 1.29 is 14.6 Å². The number of nitrogens with zero attached hydrogens (tertiary/aromatic N) is 5. The Labute approximate surface area is 174 Å². The molecule has 2 aromatic rings. The molecule has 3 aliphatic rings. The Morgan fingerprint density at radius 2 is 2.07 bits per heavy atom. The van der Waals surface area contributed by atoms with Gasteiger partial charge in [0, 0.05) is 24.9 Å². The van der Waals surface area contributed by atoms with Crippen LogP contribution in [0.25, 0.3) is 5.52 Å². The predicted molar refractivity (Wildman–Crippen MR) is 115 cm³/mol. The minimum Gasteiger partial charge on any atom is -0.506 e. The molecule has 0 unspecified atom stereocenters. The van der Waals surface area contributed by atoms with E-state index >= 15 is 0 Å². The van der Waals surface area contributed by atoms with Crippen LogP contribution in [0, 0.1) is 0 Å². The number of aliphatic hydroxyl groups is 1. The van der Waals surface area contributed by atoms with Crippen LogP contribution in [0.5, 0.6) is 5.88 Å². The van der Waals surface area contributed by atoms with Gasteiger partial charge in [-0.15, -0.1) is 5.10 Å². The van der Waals surface area contributed by atoms with Crippen LogP contribution in [0.2, 0.25) is 0 Å². The Kier molecular flexibility index (Phi) is 5.23. The van der Waals surface area contributed by atoms with E-state index < -0.39 is 0 Å². The Bertz CT molecular complexity index is 1060. The highest BCUT2D eigenvalue weighted by molar-refractivity contribution is 6.22. The Morgan fingerprint density at radius 3 is 2.97 bits per heavy atom. The maximum Gasteiger partial charge on any atom is 0.260 e. The largest absolute Gasteiger partial charge is 0.506 e. The molecule has 0 spiro atoms. The zero-order valence-electron chi connectivity index (χ0n) is 16.8. The lowest BCUT2D eigenvalue weighted by molar-refractivity contribution is 0.180. The first kappa shape index (κ1) is 18.9. The van der Waals surface area contributed by atoms with E-state index in [1.807, 2.05) is 24.4 Å². The smallest absolute Gasteiger partial charge is 0.260 e. The monoisotopic (exact) mass is 407 g/mol. The van der Waals surface area contributed by atoms with E-state index in [-0.39, 0.29) is 5.76 Å². The molecule has 1 N–H and O–H groups in total. The van der Waals surface area contributed by atoms with Gasteiger partial charge in [0.15, 0.2) is 5.69 Å². The minimum atomic E-state index is 0.0533. The number of allylic oxidation sites excluding steroid dienone is 2. The summed E-state index contributed by atoms with van der Waals surface area (Å²) >= 11 is 0. The summed E-state index contributed by atoms with van der Waals surface area (Å²) in [6.07, 6.45) is 8.99. The summed E-state index contributed by atoms with van der Waals surface area (Å²) in [7, 11) is 0. The van der Waals surface area contributed by atoms with Crippen molar-refractivity contribution in [1.29, 1.82) is 0 Å². The van der Waals surface area contributed by atoms with Gasteiger partial charge in [-0.2, -0.15) is 0 Å². The summed E-state index contributed by atoms with van der Waals surface area (Å²) in [4.78, 5) is 11.5. The van der Waals surface area contributed by atoms with Gasteiger partial charge in [-0.05, 0) is 38.1 Å². The fourth-order valence-corrected chi connectivity index (χ4v) is 3.94. The normalized spacial score (nSPS) is 20.9. The molecule has 0 saturated carbocycles. The molecule has 2 aromatic heterocycles. The zero-order valence-corrected chi connectivity index (χ0v) is 16.8. The van der Waals surface area contributed by atoms with Gasteiger partial charge in [-0.25, -0.2) is 9.51 Å². The molecule has 1 fully saturated rings. The molecule has 8 nitrogen and oxygen atoms in total. The second kappa shape index (κ2) is 8.31. The van der Waals surface area contributed by atoms with Crippen LogP contribution in [-0.4, -0.2) is 70.4 Å². The lowest BCUT2D eigenvalue weighted by Crippen LogP contribution is -2.33. The third-order valence-electron chi connectivity index (χ3n) is 5.50. The van der Waals surface area contributed by atoms with Crippen molar-refractivity contribution >= 4 is 22.6 Å². The van der Waals surface area contributed by atoms with Crippen molar-refractivity contribution in [3.63, 3.8) is 0 Å². The molecule has 30 heavy (non-hydrogen) atoms. The van der Waals surface area contributed by atoms with Crippen LogP contribution in [0.4, 0.5) is 5.69 Å². The maximum absolute atomic E-state index is 10.5. The number of aliphatic hydroxyl groups excluding tert-OH is 1. The average Bonchev–Trinajstić information content (AvgIpc) is 3.12. The maximum atomic E-state index is 10.5. The summed E-state index contributed by atoms with van der Waals surface area (Å²) in [6, 6.07) is 5.78. The summed E-state index contributed by atoms with van der Waals surface area (Å²) in [5, 5.41) is 15.0. The van der Waals surface area contributed by atoms with Crippen molar-refractivity contribution in [2.75, 3.05) is 39.4 Å². The number of piperidine rings is 1. The number of pyridine rings is 1. The van der Waals surface area contributed by atoms with Gasteiger partial charge in [0.25, 0.3) is 5.88 Å². The Hall–Kier alpha value is -3.13. The van der Waals surface area contributed by atoms with E-state index in [0.29, 0.717) is 48.5 Å². The lowest BCUT2D eigenvalue weighted by Gasteiger charge is -2.25. The Morgan fingerprint density at radius 1 is 1.17 bits per heavy atom. The molecule has 8 heteroatoms. The van der Waals surface area contributed by atoms with Crippen molar-refractivity contribution in [3.8, 4) is 5.88 Å². The van der Waals surface area contributed by atoms with Crippen LogP contribution in [-0.2, 0) is 4.74 Å². The topological polar surface area (TPSA) is 84.0 Å². The first-order chi connectivity index (χ1) is 14.8. The summed E-state index contributed by atoms with van der Waals surface area (Å²) in [6.45, 7) is 4.78. The van der Waals surface area contributed by atoms with Crippen molar-refractivity contribution in [2.45, 2.75) is 19.3 Å². The molecule has 0 radical (unpaired) electrons. The number of hydrogen-bond acceptors (Lipinski definition) is 7. The molecule has 1 saturated heterocycles. The third kappa shape index (κ3) is 3.82. The van der Waals surface area contributed by atoms with Gasteiger partial charge >= 0.3 is 0 Å². The van der Waals surface area contributed by atoms with Gasteiger partial charge in [0.2, 0.25) is 0 Å². The molecule has 5 rings (SSSR count). The van der Waals surface area contributed by atoms with Gasteiger partial charge in [-0.1, -0.05) is 12.5 Å². The molecule has 0 amide bonds.